The Morgan fingerprint density at radius 1 is 1.47 bits per heavy atom. The molecule has 0 radical (unpaired) electrons. The molecule has 0 atom stereocenters. The van der Waals surface area contributed by atoms with Crippen molar-refractivity contribution in [2.75, 3.05) is 19.6 Å². The van der Waals surface area contributed by atoms with Gasteiger partial charge in [0.15, 0.2) is 0 Å². The lowest BCUT2D eigenvalue weighted by Gasteiger charge is -2.31. The van der Waals surface area contributed by atoms with Gasteiger partial charge in [0, 0.05) is 7.05 Å². The fourth-order valence-electron chi connectivity index (χ4n) is 2.44. The van der Waals surface area contributed by atoms with Gasteiger partial charge in [0.2, 0.25) is 0 Å². The first-order valence-corrected chi connectivity index (χ1v) is 6.67. The van der Waals surface area contributed by atoms with Crippen molar-refractivity contribution in [1.29, 1.82) is 0 Å². The van der Waals surface area contributed by atoms with Gasteiger partial charge in [-0.05, 0) is 44.8 Å². The third-order valence-corrected chi connectivity index (χ3v) is 4.03. The van der Waals surface area contributed by atoms with Gasteiger partial charge >= 0.3 is 0 Å². The van der Waals surface area contributed by atoms with Gasteiger partial charge in [-0.2, -0.15) is 0 Å². The van der Waals surface area contributed by atoms with Gasteiger partial charge in [0.1, 0.15) is 11.0 Å². The van der Waals surface area contributed by atoms with E-state index in [9.17, 15) is 0 Å². The van der Waals surface area contributed by atoms with Gasteiger partial charge in [-0.3, -0.25) is 4.90 Å². The van der Waals surface area contributed by atoms with Gasteiger partial charge in [-0.1, -0.05) is 11.6 Å². The molecule has 96 valence electrons. The van der Waals surface area contributed by atoms with E-state index in [0.29, 0.717) is 5.15 Å². The molecule has 1 saturated heterocycles. The van der Waals surface area contributed by atoms with Crippen LogP contribution in [0.4, 0.5) is 0 Å². The van der Waals surface area contributed by atoms with Gasteiger partial charge in [0.05, 0.1) is 12.7 Å². The van der Waals surface area contributed by atoms with E-state index >= 15 is 0 Å². The number of hydrogen-bond donors (Lipinski definition) is 1. The van der Waals surface area contributed by atoms with E-state index in [4.69, 9.17) is 17.3 Å². The van der Waals surface area contributed by atoms with Crippen LogP contribution in [0.2, 0.25) is 5.15 Å². The van der Waals surface area contributed by atoms with E-state index in [1.807, 2.05) is 11.6 Å². The van der Waals surface area contributed by atoms with E-state index < -0.39 is 0 Å². The molecule has 1 aliphatic heterocycles. The number of nitrogens with zero attached hydrogens (tertiary/aromatic N) is 3. The standard InChI is InChI=1S/C12H21ClN4/c1-16-11(13)8-15-12(16)9-17-6-3-10(2-5-14)4-7-17/h8,10H,2-7,9,14H2,1H3. The minimum atomic E-state index is 0.706. The largest absolute Gasteiger partial charge is 0.330 e. The summed E-state index contributed by atoms with van der Waals surface area (Å²) in [7, 11) is 1.96. The number of halogens is 1. The lowest BCUT2D eigenvalue weighted by molar-refractivity contribution is 0.169. The Balaban J connectivity index is 1.84. The van der Waals surface area contributed by atoms with Crippen molar-refractivity contribution in [1.82, 2.24) is 14.5 Å². The molecule has 1 aliphatic rings. The quantitative estimate of drug-likeness (QED) is 0.891. The lowest BCUT2D eigenvalue weighted by atomic mass is 9.94. The summed E-state index contributed by atoms with van der Waals surface area (Å²) in [6.07, 6.45) is 5.41. The van der Waals surface area contributed by atoms with E-state index in [1.54, 1.807) is 6.20 Å². The van der Waals surface area contributed by atoms with Crippen molar-refractivity contribution in [3.63, 3.8) is 0 Å². The molecule has 17 heavy (non-hydrogen) atoms. The van der Waals surface area contributed by atoms with Crippen LogP contribution >= 0.6 is 11.6 Å². The molecule has 0 saturated carbocycles. The molecule has 2 rings (SSSR count). The molecule has 2 N–H and O–H groups in total. The van der Waals surface area contributed by atoms with E-state index in [1.165, 1.54) is 19.3 Å². The highest BCUT2D eigenvalue weighted by Crippen LogP contribution is 2.21. The van der Waals surface area contributed by atoms with Crippen molar-refractivity contribution in [2.45, 2.75) is 25.8 Å². The first-order valence-electron chi connectivity index (χ1n) is 6.29. The molecule has 0 bridgehead atoms. The fourth-order valence-corrected chi connectivity index (χ4v) is 2.59. The highest BCUT2D eigenvalue weighted by atomic mass is 35.5. The molecule has 1 fully saturated rings. The van der Waals surface area contributed by atoms with Crippen molar-refractivity contribution < 1.29 is 0 Å². The van der Waals surface area contributed by atoms with Crippen molar-refractivity contribution in [2.24, 2.45) is 18.7 Å². The van der Waals surface area contributed by atoms with Crippen LogP contribution in [0.25, 0.3) is 0 Å². The second-order valence-electron chi connectivity index (χ2n) is 4.85. The zero-order valence-corrected chi connectivity index (χ0v) is 11.2. The zero-order chi connectivity index (χ0) is 12.3. The maximum absolute atomic E-state index is 5.98. The highest BCUT2D eigenvalue weighted by molar-refractivity contribution is 6.29. The van der Waals surface area contributed by atoms with Gasteiger partial charge in [0.25, 0.3) is 0 Å². The second-order valence-corrected chi connectivity index (χ2v) is 5.24. The maximum atomic E-state index is 5.98. The number of rotatable bonds is 4. The number of aromatic nitrogens is 2. The fraction of sp³-hybridized carbons (Fsp3) is 0.750. The average molecular weight is 257 g/mol. The summed E-state index contributed by atoms with van der Waals surface area (Å²) < 4.78 is 1.95. The Labute approximate surface area is 108 Å². The monoisotopic (exact) mass is 256 g/mol. The van der Waals surface area contributed by atoms with E-state index in [-0.39, 0.29) is 0 Å². The first-order chi connectivity index (χ1) is 8.20. The average Bonchev–Trinajstić information content (AvgIpc) is 2.64. The zero-order valence-electron chi connectivity index (χ0n) is 10.4. The van der Waals surface area contributed by atoms with Crippen LogP contribution in [0.3, 0.4) is 0 Å². The molecule has 0 aliphatic carbocycles. The minimum absolute atomic E-state index is 0.706. The number of nitrogens with two attached hydrogens (primary N) is 1. The maximum Gasteiger partial charge on any atom is 0.128 e. The number of piperidine rings is 1. The summed E-state index contributed by atoms with van der Waals surface area (Å²) in [4.78, 5) is 6.78. The summed E-state index contributed by atoms with van der Waals surface area (Å²) in [5.41, 5.74) is 5.60. The topological polar surface area (TPSA) is 47.1 Å². The van der Waals surface area contributed by atoms with Crippen molar-refractivity contribution >= 4 is 11.6 Å². The molecular formula is C12H21ClN4. The van der Waals surface area contributed by atoms with Crippen molar-refractivity contribution in [3.8, 4) is 0 Å². The minimum Gasteiger partial charge on any atom is -0.330 e. The third-order valence-electron chi connectivity index (χ3n) is 3.67. The Kier molecular flexibility index (Phi) is 4.42. The molecule has 0 amide bonds. The smallest absolute Gasteiger partial charge is 0.128 e. The Bertz CT molecular complexity index is 355. The van der Waals surface area contributed by atoms with Crippen LogP contribution in [0.1, 0.15) is 25.1 Å². The molecule has 0 aromatic carbocycles. The van der Waals surface area contributed by atoms with E-state index in [2.05, 4.69) is 9.88 Å². The molecule has 5 heteroatoms. The Morgan fingerprint density at radius 3 is 2.71 bits per heavy atom. The molecule has 2 heterocycles. The van der Waals surface area contributed by atoms with Crippen molar-refractivity contribution in [3.05, 3.63) is 17.2 Å². The SMILES string of the molecule is Cn1c(Cl)cnc1CN1CCC(CCN)CC1. The second kappa shape index (κ2) is 5.85. The number of imidazole rings is 1. The van der Waals surface area contributed by atoms with E-state index in [0.717, 1.165) is 37.9 Å². The molecule has 0 unspecified atom stereocenters. The summed E-state index contributed by atoms with van der Waals surface area (Å²) in [5.74, 6) is 1.87. The van der Waals surface area contributed by atoms with Gasteiger partial charge < -0.3 is 10.3 Å². The van der Waals surface area contributed by atoms with Crippen LogP contribution in [-0.4, -0.2) is 34.1 Å². The number of likely N-dealkylation sites (tertiary alicyclic amines) is 1. The van der Waals surface area contributed by atoms with Crippen LogP contribution < -0.4 is 5.73 Å². The van der Waals surface area contributed by atoms with Gasteiger partial charge in [-0.15, -0.1) is 0 Å². The predicted octanol–water partition coefficient (Wildman–Crippen LogP) is 1.63. The molecular weight excluding hydrogens is 236 g/mol. The van der Waals surface area contributed by atoms with Gasteiger partial charge in [-0.25, -0.2) is 4.98 Å². The van der Waals surface area contributed by atoms with Crippen LogP contribution in [-0.2, 0) is 13.6 Å². The summed E-state index contributed by atoms with van der Waals surface area (Å²) in [6, 6.07) is 0. The molecule has 1 aromatic rings. The van der Waals surface area contributed by atoms with Crippen LogP contribution in [0.15, 0.2) is 6.20 Å². The molecule has 4 nitrogen and oxygen atoms in total. The molecule has 1 aromatic heterocycles. The Morgan fingerprint density at radius 2 is 2.18 bits per heavy atom. The predicted molar refractivity (Wildman–Crippen MR) is 69.9 cm³/mol. The Hall–Kier alpha value is -0.580. The highest BCUT2D eigenvalue weighted by Gasteiger charge is 2.19. The third kappa shape index (κ3) is 3.21. The first kappa shape index (κ1) is 12.9. The summed E-state index contributed by atoms with van der Waals surface area (Å²) in [6.45, 7) is 4.02. The normalized spacial score (nSPS) is 18.8. The lowest BCUT2D eigenvalue weighted by Crippen LogP contribution is -2.34. The summed E-state index contributed by atoms with van der Waals surface area (Å²) >= 11 is 5.98. The van der Waals surface area contributed by atoms with Crippen LogP contribution in [0, 0.1) is 5.92 Å². The molecule has 0 spiro atoms. The summed E-state index contributed by atoms with van der Waals surface area (Å²) in [5, 5.41) is 0.706. The van der Waals surface area contributed by atoms with Crippen LogP contribution in [0.5, 0.6) is 0 Å². The number of hydrogen-bond acceptors (Lipinski definition) is 3.